The van der Waals surface area contributed by atoms with Gasteiger partial charge in [-0.15, -0.1) is 0 Å². The van der Waals surface area contributed by atoms with Gasteiger partial charge < -0.3 is 14.5 Å². The van der Waals surface area contributed by atoms with E-state index in [1.165, 1.54) is 6.92 Å². The summed E-state index contributed by atoms with van der Waals surface area (Å²) in [6, 6.07) is 8.09. The van der Waals surface area contributed by atoms with Crippen molar-refractivity contribution in [2.75, 3.05) is 5.32 Å². The van der Waals surface area contributed by atoms with Crippen molar-refractivity contribution in [1.82, 2.24) is 0 Å². The highest BCUT2D eigenvalue weighted by molar-refractivity contribution is 6.02. The summed E-state index contributed by atoms with van der Waals surface area (Å²) >= 11 is 0. The van der Waals surface area contributed by atoms with Gasteiger partial charge in [0, 0.05) is 17.7 Å². The maximum absolute atomic E-state index is 12.4. The number of hydrogen-bond donors (Lipinski definition) is 1. The molecule has 138 valence electrons. The second-order valence-corrected chi connectivity index (χ2v) is 6.11. The minimum Gasteiger partial charge on any atom is -0.466 e. The molecule has 1 unspecified atom stereocenters. The van der Waals surface area contributed by atoms with E-state index in [2.05, 4.69) is 5.32 Å². The van der Waals surface area contributed by atoms with Crippen molar-refractivity contribution in [1.29, 1.82) is 0 Å². The van der Waals surface area contributed by atoms with Gasteiger partial charge in [-0.05, 0) is 57.5 Å². The van der Waals surface area contributed by atoms with Crippen molar-refractivity contribution in [2.45, 2.75) is 46.6 Å². The van der Waals surface area contributed by atoms with Crippen LogP contribution in [0.1, 0.15) is 58.9 Å². The van der Waals surface area contributed by atoms with Gasteiger partial charge in [0.2, 0.25) is 11.7 Å². The summed E-state index contributed by atoms with van der Waals surface area (Å²) in [5, 5.41) is 2.75. The van der Waals surface area contributed by atoms with E-state index in [1.54, 1.807) is 44.2 Å². The molecule has 1 atom stereocenters. The minimum absolute atomic E-state index is 0.0698. The maximum Gasteiger partial charge on any atom is 0.342 e. The topological polar surface area (TPSA) is 85.6 Å². The molecule has 1 heterocycles. The summed E-state index contributed by atoms with van der Waals surface area (Å²) in [5.41, 5.74) is 1.34. The zero-order valence-corrected chi connectivity index (χ0v) is 15.4. The molecule has 0 radical (unpaired) electrons. The molecule has 2 aromatic rings. The van der Waals surface area contributed by atoms with E-state index < -0.39 is 12.1 Å². The molecule has 0 spiro atoms. The summed E-state index contributed by atoms with van der Waals surface area (Å²) in [4.78, 5) is 36.2. The first-order chi connectivity index (χ1) is 12.3. The van der Waals surface area contributed by atoms with Crippen LogP contribution in [0.3, 0.4) is 0 Å². The van der Waals surface area contributed by atoms with Gasteiger partial charge >= 0.3 is 5.97 Å². The van der Waals surface area contributed by atoms with E-state index in [-0.39, 0.29) is 11.7 Å². The number of rotatable bonds is 7. The highest BCUT2D eigenvalue weighted by atomic mass is 16.5. The monoisotopic (exact) mass is 357 g/mol. The number of Topliss-reactive ketones (excluding diaryl/α,β-unsaturated/α-hetero) is 1. The number of carbonyl (C=O) groups is 3. The molecule has 26 heavy (non-hydrogen) atoms. The number of ether oxygens (including phenoxy) is 1. The van der Waals surface area contributed by atoms with Gasteiger partial charge in [0.1, 0.15) is 17.1 Å². The van der Waals surface area contributed by atoms with E-state index in [1.807, 2.05) is 6.92 Å². The van der Waals surface area contributed by atoms with Gasteiger partial charge in [-0.3, -0.25) is 9.59 Å². The van der Waals surface area contributed by atoms with Crippen LogP contribution in [-0.4, -0.2) is 23.8 Å². The number of esters is 1. The fourth-order valence-corrected chi connectivity index (χ4v) is 2.51. The summed E-state index contributed by atoms with van der Waals surface area (Å²) < 4.78 is 10.6. The maximum atomic E-state index is 12.4. The predicted octanol–water partition coefficient (Wildman–Crippen LogP) is 4.06. The Kier molecular flexibility index (Phi) is 6.33. The highest BCUT2D eigenvalue weighted by Crippen LogP contribution is 2.17. The molecule has 0 aliphatic rings. The van der Waals surface area contributed by atoms with E-state index >= 15 is 0 Å². The van der Waals surface area contributed by atoms with Crippen LogP contribution in [0.2, 0.25) is 0 Å². The molecule has 1 amide bonds. The van der Waals surface area contributed by atoms with Crippen LogP contribution in [-0.2, 0) is 9.53 Å². The molecule has 6 heteroatoms. The SMILES string of the molecule is CCCC(=O)Nc1ccc(C(=O)C(C)OC(=O)c2cc(C)oc2C)cc1. The number of anilines is 1. The van der Waals surface area contributed by atoms with Crippen molar-refractivity contribution >= 4 is 23.3 Å². The smallest absolute Gasteiger partial charge is 0.342 e. The van der Waals surface area contributed by atoms with Crippen molar-refractivity contribution < 1.29 is 23.5 Å². The number of benzene rings is 1. The Morgan fingerprint density at radius 1 is 1.15 bits per heavy atom. The Bertz CT molecular complexity index is 804. The van der Waals surface area contributed by atoms with Crippen LogP contribution in [0.15, 0.2) is 34.7 Å². The first kappa shape index (κ1) is 19.4. The second kappa shape index (κ2) is 8.47. The third-order valence-corrected chi connectivity index (χ3v) is 3.84. The van der Waals surface area contributed by atoms with Crippen molar-refractivity contribution in [3.8, 4) is 0 Å². The number of carbonyl (C=O) groups excluding carboxylic acids is 3. The molecule has 1 N–H and O–H groups in total. The lowest BCUT2D eigenvalue weighted by Gasteiger charge is -2.12. The zero-order valence-electron chi connectivity index (χ0n) is 15.4. The van der Waals surface area contributed by atoms with Gasteiger partial charge in [0.05, 0.1) is 0 Å². The number of aryl methyl sites for hydroxylation is 2. The number of furan rings is 1. The largest absolute Gasteiger partial charge is 0.466 e. The Balaban J connectivity index is 2.00. The van der Waals surface area contributed by atoms with Gasteiger partial charge in [-0.2, -0.15) is 0 Å². The molecule has 0 fully saturated rings. The summed E-state index contributed by atoms with van der Waals surface area (Å²) in [6.07, 6.45) is 0.277. The van der Waals surface area contributed by atoms with Crippen molar-refractivity contribution in [3.63, 3.8) is 0 Å². The third-order valence-electron chi connectivity index (χ3n) is 3.84. The Labute approximate surface area is 152 Å². The first-order valence-electron chi connectivity index (χ1n) is 8.54. The second-order valence-electron chi connectivity index (χ2n) is 6.11. The van der Waals surface area contributed by atoms with Gasteiger partial charge in [-0.1, -0.05) is 6.92 Å². The van der Waals surface area contributed by atoms with Gasteiger partial charge in [-0.25, -0.2) is 4.79 Å². The molecule has 0 saturated carbocycles. The highest BCUT2D eigenvalue weighted by Gasteiger charge is 2.23. The fraction of sp³-hybridized carbons (Fsp3) is 0.350. The third kappa shape index (κ3) is 4.81. The Hall–Kier alpha value is -2.89. The van der Waals surface area contributed by atoms with Crippen LogP contribution in [0.5, 0.6) is 0 Å². The average molecular weight is 357 g/mol. The quantitative estimate of drug-likeness (QED) is 0.596. The standard InChI is InChI=1S/C20H23NO5/c1-5-6-18(22)21-16-9-7-15(8-10-16)19(23)14(4)26-20(24)17-11-12(2)25-13(17)3/h7-11,14H,5-6H2,1-4H3,(H,21,22). The van der Waals surface area contributed by atoms with Crippen LogP contribution in [0.25, 0.3) is 0 Å². The molecule has 0 saturated heterocycles. The van der Waals surface area contributed by atoms with Crippen LogP contribution < -0.4 is 5.32 Å². The number of amides is 1. The number of ketones is 1. The minimum atomic E-state index is -0.933. The molecular formula is C20H23NO5. The molecule has 0 aliphatic carbocycles. The van der Waals surface area contributed by atoms with Crippen LogP contribution in [0.4, 0.5) is 5.69 Å². The molecule has 1 aromatic heterocycles. The molecule has 2 rings (SSSR count). The van der Waals surface area contributed by atoms with E-state index in [0.29, 0.717) is 34.8 Å². The Morgan fingerprint density at radius 2 is 1.81 bits per heavy atom. The van der Waals surface area contributed by atoms with E-state index in [4.69, 9.17) is 9.15 Å². The molecule has 6 nitrogen and oxygen atoms in total. The fourth-order valence-electron chi connectivity index (χ4n) is 2.51. The van der Waals surface area contributed by atoms with E-state index in [9.17, 15) is 14.4 Å². The van der Waals surface area contributed by atoms with Crippen molar-refractivity contribution in [3.05, 3.63) is 53.0 Å². The summed E-state index contributed by atoms with van der Waals surface area (Å²) in [7, 11) is 0. The summed E-state index contributed by atoms with van der Waals surface area (Å²) in [6.45, 7) is 6.86. The lowest BCUT2D eigenvalue weighted by atomic mass is 10.1. The molecule has 1 aromatic carbocycles. The van der Waals surface area contributed by atoms with Crippen molar-refractivity contribution in [2.24, 2.45) is 0 Å². The molecule has 0 aliphatic heterocycles. The zero-order chi connectivity index (χ0) is 19.3. The number of nitrogens with one attached hydrogen (secondary N) is 1. The first-order valence-corrected chi connectivity index (χ1v) is 8.54. The number of hydrogen-bond acceptors (Lipinski definition) is 5. The van der Waals surface area contributed by atoms with Crippen LogP contribution in [0, 0.1) is 13.8 Å². The van der Waals surface area contributed by atoms with Gasteiger partial charge in [0.25, 0.3) is 0 Å². The molecule has 0 bridgehead atoms. The lowest BCUT2D eigenvalue weighted by molar-refractivity contribution is -0.116. The summed E-state index contributed by atoms with van der Waals surface area (Å²) in [5.74, 6) is 0.0828. The van der Waals surface area contributed by atoms with Gasteiger partial charge in [0.15, 0.2) is 6.10 Å². The Morgan fingerprint density at radius 3 is 2.35 bits per heavy atom. The lowest BCUT2D eigenvalue weighted by Crippen LogP contribution is -2.24. The average Bonchev–Trinajstić information content (AvgIpc) is 2.93. The predicted molar refractivity (Wildman–Crippen MR) is 97.4 cm³/mol. The van der Waals surface area contributed by atoms with E-state index in [0.717, 1.165) is 6.42 Å². The van der Waals surface area contributed by atoms with Crippen LogP contribution >= 0.6 is 0 Å². The molecular weight excluding hydrogens is 334 g/mol. The normalized spacial score (nSPS) is 11.7.